The molecular weight excluding hydrogens is 608 g/mol. The topological polar surface area (TPSA) is 0 Å². The van der Waals surface area contributed by atoms with E-state index >= 15 is 0 Å². The van der Waals surface area contributed by atoms with Gasteiger partial charge in [-0.2, -0.15) is 0 Å². The molecule has 0 nitrogen and oxygen atoms in total. The zero-order chi connectivity index (χ0) is 31.2. The molecule has 0 amide bonds. The van der Waals surface area contributed by atoms with Crippen molar-refractivity contribution in [2.24, 2.45) is 0 Å². The molecule has 2 aliphatic rings. The molecular formula is C43H46Zr. The molecule has 5 aromatic rings. The number of benzene rings is 5. The van der Waals surface area contributed by atoms with Crippen molar-refractivity contribution in [2.75, 3.05) is 0 Å². The second-order valence-electron chi connectivity index (χ2n) is 15.9. The van der Waals surface area contributed by atoms with E-state index in [4.69, 9.17) is 0 Å². The molecule has 0 aromatic heterocycles. The fourth-order valence-electron chi connectivity index (χ4n) is 8.36. The zero-order valence-electron chi connectivity index (χ0n) is 28.0. The van der Waals surface area contributed by atoms with E-state index in [0.717, 1.165) is 0 Å². The van der Waals surface area contributed by atoms with Crippen LogP contribution in [-0.2, 0) is 31.1 Å². The summed E-state index contributed by atoms with van der Waals surface area (Å²) in [4.78, 5) is 0. The number of allylic oxidation sites excluding steroid dienone is 2. The van der Waals surface area contributed by atoms with Crippen molar-refractivity contribution in [2.45, 2.75) is 75.8 Å². The summed E-state index contributed by atoms with van der Waals surface area (Å²) < 4.78 is 6.44. The predicted molar refractivity (Wildman–Crippen MR) is 188 cm³/mol. The third-order valence-electron chi connectivity index (χ3n) is 10.7. The van der Waals surface area contributed by atoms with Crippen LogP contribution in [0.25, 0.3) is 33.0 Å². The Bertz CT molecular complexity index is 1900. The van der Waals surface area contributed by atoms with Gasteiger partial charge in [-0.3, -0.25) is 0 Å². The van der Waals surface area contributed by atoms with Crippen LogP contribution in [0.3, 0.4) is 0 Å². The Balaban J connectivity index is 1.51. The summed E-state index contributed by atoms with van der Waals surface area (Å²) in [7, 11) is 0. The first-order valence-electron chi connectivity index (χ1n) is 16.4. The number of hydrogen-bond donors (Lipinski definition) is 0. The van der Waals surface area contributed by atoms with E-state index in [1.807, 2.05) is 0 Å². The Labute approximate surface area is 269 Å². The molecule has 2 aliphatic carbocycles. The van der Waals surface area contributed by atoms with Crippen LogP contribution in [0.4, 0.5) is 0 Å². The molecule has 0 saturated carbocycles. The summed E-state index contributed by atoms with van der Waals surface area (Å²) in [5, 5.41) is 2.70. The van der Waals surface area contributed by atoms with E-state index in [-0.39, 0.29) is 10.8 Å². The van der Waals surface area contributed by atoms with Crippen LogP contribution in [0.5, 0.6) is 0 Å². The number of rotatable bonds is 3. The van der Waals surface area contributed by atoms with Gasteiger partial charge in [0.05, 0.1) is 0 Å². The first-order valence-corrected chi connectivity index (χ1v) is 24.1. The standard InChI is InChI=1S/C21H25.C20H15.2CH3.Zr/c1-20(2,3)16-7-9-18-14(12-16)11-15-13-17(21(4,5)6)8-10-19(15)18;1-14-17-10-4-3-8-16(17)13-20(14)19-12-6-9-15-7-2-5-11-18(15)19;;;/h7-13H,1-6H3;2-13H,1H3;2*1H3;. The summed E-state index contributed by atoms with van der Waals surface area (Å²) in [6, 6.07) is 40.1. The fourth-order valence-corrected chi connectivity index (χ4v) is 19.6. The maximum absolute atomic E-state index is 3.25. The molecule has 0 N–H and O–H groups in total. The third kappa shape index (κ3) is 4.57. The Kier molecular flexibility index (Phi) is 6.92. The first kappa shape index (κ1) is 29.7. The minimum atomic E-state index is -3.25. The van der Waals surface area contributed by atoms with Crippen LogP contribution in [0.15, 0.2) is 103 Å². The van der Waals surface area contributed by atoms with Crippen LogP contribution in [0.2, 0.25) is 9.26 Å². The average Bonchev–Trinajstić information content (AvgIpc) is 3.48. The Hall–Kier alpha value is -3.02. The van der Waals surface area contributed by atoms with E-state index in [1.54, 1.807) is 22.3 Å². The van der Waals surface area contributed by atoms with Gasteiger partial charge in [-0.25, -0.2) is 0 Å². The van der Waals surface area contributed by atoms with Crippen molar-refractivity contribution in [1.82, 2.24) is 0 Å². The second-order valence-corrected chi connectivity index (χ2v) is 27.7. The van der Waals surface area contributed by atoms with Gasteiger partial charge in [-0.05, 0) is 0 Å². The second kappa shape index (κ2) is 10.3. The Morgan fingerprint density at radius 2 is 1.02 bits per heavy atom. The quantitative estimate of drug-likeness (QED) is 0.182. The van der Waals surface area contributed by atoms with Crippen molar-refractivity contribution >= 4 is 21.9 Å². The van der Waals surface area contributed by atoms with Crippen molar-refractivity contribution < 1.29 is 20.3 Å². The monoisotopic (exact) mass is 652 g/mol. The molecule has 44 heavy (non-hydrogen) atoms. The van der Waals surface area contributed by atoms with Gasteiger partial charge in [-0.15, -0.1) is 0 Å². The number of fused-ring (bicyclic) bond motifs is 5. The van der Waals surface area contributed by atoms with E-state index in [0.29, 0.717) is 7.25 Å². The summed E-state index contributed by atoms with van der Waals surface area (Å²) in [6.07, 6.45) is 0. The SMILES string of the molecule is CC1=C(c2cccc3ccccc23)[CH]([Zr]([CH3])([CH3])[CH]2c3cc(C(C)(C)C)ccc3-c3ccc(C(C)(C)C)cc32)c2ccccc21. The zero-order valence-corrected chi connectivity index (χ0v) is 30.4. The van der Waals surface area contributed by atoms with Gasteiger partial charge >= 0.3 is 271 Å². The first-order chi connectivity index (χ1) is 20.8. The van der Waals surface area contributed by atoms with E-state index < -0.39 is 20.3 Å². The average molecular weight is 654 g/mol. The van der Waals surface area contributed by atoms with Crippen LogP contribution in [-0.4, -0.2) is 0 Å². The van der Waals surface area contributed by atoms with Crippen LogP contribution in [0, 0.1) is 0 Å². The molecule has 1 atom stereocenters. The van der Waals surface area contributed by atoms with E-state index in [1.165, 1.54) is 49.7 Å². The van der Waals surface area contributed by atoms with Crippen LogP contribution in [0.1, 0.15) is 94.7 Å². The van der Waals surface area contributed by atoms with Crippen molar-refractivity contribution in [3.63, 3.8) is 0 Å². The molecule has 0 bridgehead atoms. The van der Waals surface area contributed by atoms with Crippen molar-refractivity contribution in [1.29, 1.82) is 0 Å². The Morgan fingerprint density at radius 3 is 1.64 bits per heavy atom. The van der Waals surface area contributed by atoms with Crippen LogP contribution < -0.4 is 0 Å². The fraction of sp³-hybridized carbons (Fsp3) is 0.302. The molecule has 0 aliphatic heterocycles. The van der Waals surface area contributed by atoms with Gasteiger partial charge < -0.3 is 0 Å². The molecule has 7 rings (SSSR count). The summed E-state index contributed by atoms with van der Waals surface area (Å²) in [5.41, 5.74) is 16.7. The summed E-state index contributed by atoms with van der Waals surface area (Å²) in [5.74, 6) is 0. The molecule has 1 heteroatoms. The number of hydrogen-bond acceptors (Lipinski definition) is 0. The molecule has 0 fully saturated rings. The summed E-state index contributed by atoms with van der Waals surface area (Å²) in [6.45, 7) is 16.5. The van der Waals surface area contributed by atoms with Gasteiger partial charge in [0.1, 0.15) is 0 Å². The van der Waals surface area contributed by atoms with Crippen LogP contribution >= 0.6 is 0 Å². The molecule has 0 spiro atoms. The van der Waals surface area contributed by atoms with Gasteiger partial charge in [0, 0.05) is 0 Å². The molecule has 5 aromatic carbocycles. The molecule has 0 heterocycles. The van der Waals surface area contributed by atoms with Gasteiger partial charge in [0.2, 0.25) is 0 Å². The molecule has 0 saturated heterocycles. The Morgan fingerprint density at radius 1 is 0.500 bits per heavy atom. The summed E-state index contributed by atoms with van der Waals surface area (Å²) >= 11 is -3.25. The third-order valence-corrected chi connectivity index (χ3v) is 21.0. The van der Waals surface area contributed by atoms with Gasteiger partial charge in [0.25, 0.3) is 0 Å². The van der Waals surface area contributed by atoms with Crippen molar-refractivity contribution in [3.8, 4) is 11.1 Å². The normalized spacial score (nSPS) is 16.8. The molecule has 1 unspecified atom stereocenters. The minimum absolute atomic E-state index is 0.106. The molecule has 222 valence electrons. The van der Waals surface area contributed by atoms with Gasteiger partial charge in [-0.1, -0.05) is 0 Å². The predicted octanol–water partition coefficient (Wildman–Crippen LogP) is 12.4. The van der Waals surface area contributed by atoms with Crippen molar-refractivity contribution in [3.05, 3.63) is 142 Å². The van der Waals surface area contributed by atoms with E-state index in [2.05, 4.69) is 161 Å². The van der Waals surface area contributed by atoms with E-state index in [9.17, 15) is 0 Å². The molecule has 0 radical (unpaired) electrons. The maximum atomic E-state index is 2.76. The van der Waals surface area contributed by atoms with Gasteiger partial charge in [0.15, 0.2) is 0 Å².